The van der Waals surface area contributed by atoms with Crippen molar-refractivity contribution in [1.82, 2.24) is 19.7 Å². The van der Waals surface area contributed by atoms with Crippen LogP contribution < -0.4 is 5.73 Å². The molecule has 3 aromatic heterocycles. The van der Waals surface area contributed by atoms with Crippen LogP contribution in [-0.4, -0.2) is 31.1 Å². The first-order valence-corrected chi connectivity index (χ1v) is 9.34. The molecule has 0 atom stereocenters. The molecule has 1 aliphatic rings. The van der Waals surface area contributed by atoms with Gasteiger partial charge in [0.2, 0.25) is 5.91 Å². The van der Waals surface area contributed by atoms with Gasteiger partial charge in [-0.3, -0.25) is 19.4 Å². The molecule has 4 N–H and O–H groups in total. The van der Waals surface area contributed by atoms with E-state index in [1.165, 1.54) is 5.69 Å². The van der Waals surface area contributed by atoms with Crippen molar-refractivity contribution < 1.29 is 10.3 Å². The molecule has 0 spiro atoms. The number of nitrogens with two attached hydrogens (primary N) is 1. The maximum atomic E-state index is 11.7. The smallest absolute Gasteiger partial charge is 0.248 e. The van der Waals surface area contributed by atoms with E-state index in [-0.39, 0.29) is 5.48 Å². The van der Waals surface area contributed by atoms with Gasteiger partial charge >= 0.3 is 0 Å². The summed E-state index contributed by atoms with van der Waals surface area (Å²) in [5.41, 5.74) is 12.8. The van der Waals surface area contributed by atoms with Gasteiger partial charge < -0.3 is 11.2 Å². The Balaban J connectivity index is 0.00000205. The molecular formula is C22H21N5O2. The van der Waals surface area contributed by atoms with E-state index in [4.69, 9.17) is 15.8 Å². The quantitative estimate of drug-likeness (QED) is 0.581. The molecule has 0 unspecified atom stereocenters. The number of amides is 1. The number of hydrogen-bond acceptors (Lipinski definition) is 4. The number of pyridine rings is 2. The largest absolute Gasteiger partial charge is 0.412 e. The Kier molecular flexibility index (Phi) is 4.60. The van der Waals surface area contributed by atoms with Crippen LogP contribution in [0.4, 0.5) is 0 Å². The Bertz CT molecular complexity index is 1250. The van der Waals surface area contributed by atoms with Gasteiger partial charge in [0.05, 0.1) is 11.2 Å². The van der Waals surface area contributed by atoms with Crippen LogP contribution in [0.25, 0.3) is 33.4 Å². The summed E-state index contributed by atoms with van der Waals surface area (Å²) in [6, 6.07) is 13.3. The van der Waals surface area contributed by atoms with E-state index in [0.717, 1.165) is 58.5 Å². The number of nitrogens with zero attached hydrogens (tertiary/aromatic N) is 4. The number of fused-ring (bicyclic) bond motifs is 2. The minimum absolute atomic E-state index is 0. The summed E-state index contributed by atoms with van der Waals surface area (Å²) in [5, 5.41) is 5.78. The Labute approximate surface area is 167 Å². The first kappa shape index (κ1) is 18.8. The molecule has 7 heteroatoms. The van der Waals surface area contributed by atoms with Gasteiger partial charge in [-0.25, -0.2) is 0 Å². The molecule has 0 saturated carbocycles. The van der Waals surface area contributed by atoms with Crippen molar-refractivity contribution in [2.45, 2.75) is 26.3 Å². The fourth-order valence-corrected chi connectivity index (χ4v) is 3.99. The molecule has 0 aliphatic carbocycles. The highest BCUT2D eigenvalue weighted by Gasteiger charge is 2.25. The van der Waals surface area contributed by atoms with Crippen LogP contribution in [0.5, 0.6) is 0 Å². The minimum Gasteiger partial charge on any atom is -0.412 e. The highest BCUT2D eigenvalue weighted by molar-refractivity contribution is 6.03. The molecule has 1 amide bonds. The predicted molar refractivity (Wildman–Crippen MR) is 111 cm³/mol. The van der Waals surface area contributed by atoms with E-state index in [0.29, 0.717) is 5.56 Å². The molecule has 5 rings (SSSR count). The molecule has 0 saturated heterocycles. The van der Waals surface area contributed by atoms with Crippen molar-refractivity contribution in [3.63, 3.8) is 0 Å². The Morgan fingerprint density at radius 1 is 1.17 bits per heavy atom. The highest BCUT2D eigenvalue weighted by Crippen LogP contribution is 2.39. The van der Waals surface area contributed by atoms with Crippen LogP contribution in [0.3, 0.4) is 0 Å². The molecule has 1 aromatic carbocycles. The second kappa shape index (κ2) is 7.10. The molecule has 0 bridgehead atoms. The van der Waals surface area contributed by atoms with Crippen molar-refractivity contribution >= 4 is 16.8 Å². The third kappa shape index (κ3) is 3.05. The number of rotatable bonds is 3. The van der Waals surface area contributed by atoms with E-state index in [9.17, 15) is 4.79 Å². The van der Waals surface area contributed by atoms with Gasteiger partial charge in [0.1, 0.15) is 5.69 Å². The summed E-state index contributed by atoms with van der Waals surface area (Å²) in [4.78, 5) is 20.9. The summed E-state index contributed by atoms with van der Waals surface area (Å²) < 4.78 is 2.08. The number of benzene rings is 1. The first-order valence-electron chi connectivity index (χ1n) is 9.34. The summed E-state index contributed by atoms with van der Waals surface area (Å²) in [7, 11) is 0. The monoisotopic (exact) mass is 387 g/mol. The summed E-state index contributed by atoms with van der Waals surface area (Å²) >= 11 is 0. The topological polar surface area (TPSA) is 118 Å². The Hall–Kier alpha value is -3.58. The molecule has 146 valence electrons. The molecule has 4 aromatic rings. The summed E-state index contributed by atoms with van der Waals surface area (Å²) in [6.07, 6.45) is 3.84. The number of hydrogen-bond donors (Lipinski definition) is 1. The number of aryl methyl sites for hydroxylation is 2. The minimum atomic E-state index is -0.447. The second-order valence-corrected chi connectivity index (χ2v) is 7.12. The molecule has 29 heavy (non-hydrogen) atoms. The third-order valence-electron chi connectivity index (χ3n) is 5.27. The van der Waals surface area contributed by atoms with Gasteiger partial charge in [0.25, 0.3) is 0 Å². The van der Waals surface area contributed by atoms with Crippen molar-refractivity contribution in [2.24, 2.45) is 5.73 Å². The molecule has 7 nitrogen and oxygen atoms in total. The lowest BCUT2D eigenvalue weighted by Crippen LogP contribution is -2.10. The standard InChI is InChI=1S/C22H19N5O.H2O/c1-13-4-2-5-18(25-13)21-20(19-6-3-11-27(19)26-21)15-9-10-24-17-8-7-14(22(23)28)12-16(15)17;/h2,4-5,7-10,12H,3,6,11H2,1H3,(H2,23,28);1H2. The van der Waals surface area contributed by atoms with Crippen LogP contribution in [-0.2, 0) is 13.0 Å². The van der Waals surface area contributed by atoms with Gasteiger partial charge in [0, 0.05) is 40.6 Å². The van der Waals surface area contributed by atoms with Gasteiger partial charge in [0.15, 0.2) is 0 Å². The van der Waals surface area contributed by atoms with Gasteiger partial charge in [-0.05, 0) is 61.7 Å². The molecule has 1 aliphatic heterocycles. The first-order chi connectivity index (χ1) is 13.6. The Morgan fingerprint density at radius 2 is 2.03 bits per heavy atom. The van der Waals surface area contributed by atoms with Crippen molar-refractivity contribution in [2.75, 3.05) is 0 Å². The number of carbonyl (C=O) groups excluding carboxylic acids is 1. The van der Waals surface area contributed by atoms with E-state index in [2.05, 4.69) is 9.67 Å². The van der Waals surface area contributed by atoms with Crippen molar-refractivity contribution in [3.8, 4) is 22.5 Å². The molecule has 4 heterocycles. The highest BCUT2D eigenvalue weighted by atomic mass is 16.1. The lowest BCUT2D eigenvalue weighted by molar-refractivity contribution is 0.100. The molecular weight excluding hydrogens is 366 g/mol. The average Bonchev–Trinajstić information content (AvgIpc) is 3.28. The van der Waals surface area contributed by atoms with E-state index < -0.39 is 5.91 Å². The van der Waals surface area contributed by atoms with Crippen LogP contribution >= 0.6 is 0 Å². The third-order valence-corrected chi connectivity index (χ3v) is 5.27. The Morgan fingerprint density at radius 3 is 2.83 bits per heavy atom. The van der Waals surface area contributed by atoms with E-state index >= 15 is 0 Å². The molecule has 0 radical (unpaired) electrons. The number of carbonyl (C=O) groups is 1. The maximum absolute atomic E-state index is 11.7. The zero-order valence-electron chi connectivity index (χ0n) is 16.0. The van der Waals surface area contributed by atoms with E-state index in [1.54, 1.807) is 12.3 Å². The zero-order valence-corrected chi connectivity index (χ0v) is 16.0. The van der Waals surface area contributed by atoms with Gasteiger partial charge in [-0.1, -0.05) is 6.07 Å². The van der Waals surface area contributed by atoms with Crippen LogP contribution in [0, 0.1) is 6.92 Å². The lowest BCUT2D eigenvalue weighted by Gasteiger charge is -2.10. The maximum Gasteiger partial charge on any atom is 0.248 e. The SMILES string of the molecule is Cc1cccc(-c2nn3c(c2-c2ccnc4ccc(C(N)=O)cc24)CCC3)n1.O. The zero-order chi connectivity index (χ0) is 19.3. The summed E-state index contributed by atoms with van der Waals surface area (Å²) in [5.74, 6) is -0.447. The van der Waals surface area contributed by atoms with Crippen LogP contribution in [0.15, 0.2) is 48.7 Å². The number of primary amides is 1. The second-order valence-electron chi connectivity index (χ2n) is 7.12. The van der Waals surface area contributed by atoms with E-state index in [1.807, 2.05) is 43.3 Å². The fourth-order valence-electron chi connectivity index (χ4n) is 3.99. The fraction of sp³-hybridized carbons (Fsp3) is 0.182. The lowest BCUT2D eigenvalue weighted by atomic mass is 9.95. The number of aromatic nitrogens is 4. The van der Waals surface area contributed by atoms with Gasteiger partial charge in [-0.2, -0.15) is 5.10 Å². The summed E-state index contributed by atoms with van der Waals surface area (Å²) in [6.45, 7) is 2.89. The van der Waals surface area contributed by atoms with Gasteiger partial charge in [-0.15, -0.1) is 0 Å². The van der Waals surface area contributed by atoms with Crippen LogP contribution in [0.1, 0.15) is 28.2 Å². The molecule has 0 fully saturated rings. The predicted octanol–water partition coefficient (Wildman–Crippen LogP) is 2.69. The van der Waals surface area contributed by atoms with Crippen LogP contribution in [0.2, 0.25) is 0 Å². The average molecular weight is 387 g/mol. The van der Waals surface area contributed by atoms with Crippen molar-refractivity contribution in [3.05, 3.63) is 65.6 Å². The van der Waals surface area contributed by atoms with Crippen molar-refractivity contribution in [1.29, 1.82) is 0 Å². The normalized spacial score (nSPS) is 12.6.